The molecule has 1 aromatic carbocycles. The summed E-state index contributed by atoms with van der Waals surface area (Å²) in [6.45, 7) is 7.57. The highest BCUT2D eigenvalue weighted by Crippen LogP contribution is 2.45. The Bertz CT molecular complexity index is 780. The Morgan fingerprint density at radius 1 is 1.19 bits per heavy atom. The van der Waals surface area contributed by atoms with Crippen LogP contribution in [0, 0.1) is 5.41 Å². The zero-order valence-electron chi connectivity index (χ0n) is 16.2. The van der Waals surface area contributed by atoms with Crippen molar-refractivity contribution in [2.75, 3.05) is 31.1 Å². The minimum atomic E-state index is -0.0247. The van der Waals surface area contributed by atoms with E-state index in [0.717, 1.165) is 57.4 Å². The summed E-state index contributed by atoms with van der Waals surface area (Å²) < 4.78 is 5.27. The molecule has 2 saturated heterocycles. The monoisotopic (exact) mass is 368 g/mol. The quantitative estimate of drug-likeness (QED) is 0.829. The molecule has 2 aliphatic rings. The molecule has 144 valence electrons. The molecule has 0 N–H and O–H groups in total. The van der Waals surface area contributed by atoms with Gasteiger partial charge in [-0.15, -0.1) is 0 Å². The van der Waals surface area contributed by atoms with Crippen LogP contribution in [0.5, 0.6) is 0 Å². The van der Waals surface area contributed by atoms with E-state index in [0.29, 0.717) is 11.8 Å². The minimum Gasteiger partial charge on any atom is -0.342 e. The lowest BCUT2D eigenvalue weighted by molar-refractivity contribution is -0.140. The normalized spacial score (nSPS) is 22.4. The second-order valence-electron chi connectivity index (χ2n) is 7.85. The van der Waals surface area contributed by atoms with E-state index in [4.69, 9.17) is 4.52 Å². The van der Waals surface area contributed by atoms with Crippen molar-refractivity contribution in [1.82, 2.24) is 15.0 Å². The second-order valence-corrected chi connectivity index (χ2v) is 7.85. The summed E-state index contributed by atoms with van der Waals surface area (Å²) in [5.41, 5.74) is 1.33. The third-order valence-electron chi connectivity index (χ3n) is 6.22. The van der Waals surface area contributed by atoms with Gasteiger partial charge in [-0.1, -0.05) is 37.3 Å². The topological polar surface area (TPSA) is 62.5 Å². The summed E-state index contributed by atoms with van der Waals surface area (Å²) in [5.74, 6) is 1.65. The zero-order valence-corrected chi connectivity index (χ0v) is 16.2. The number of aromatic nitrogens is 2. The summed E-state index contributed by atoms with van der Waals surface area (Å²) in [6.07, 6.45) is 3.80. The third kappa shape index (κ3) is 3.45. The number of carbonyl (C=O) groups excluding carboxylic acids is 1. The lowest BCUT2D eigenvalue weighted by Crippen LogP contribution is -2.54. The molecule has 1 aromatic heterocycles. The molecule has 2 fully saturated rings. The van der Waals surface area contributed by atoms with Crippen LogP contribution in [0.25, 0.3) is 0 Å². The van der Waals surface area contributed by atoms with E-state index in [-0.39, 0.29) is 17.2 Å². The molecule has 1 spiro atoms. The fourth-order valence-electron chi connectivity index (χ4n) is 4.56. The van der Waals surface area contributed by atoms with Crippen LogP contribution in [0.3, 0.4) is 0 Å². The van der Waals surface area contributed by atoms with Crippen LogP contribution in [-0.2, 0) is 11.2 Å². The van der Waals surface area contributed by atoms with Crippen LogP contribution in [0.1, 0.15) is 50.5 Å². The summed E-state index contributed by atoms with van der Waals surface area (Å²) in [4.78, 5) is 21.7. The maximum Gasteiger partial charge on any atom is 0.266 e. The summed E-state index contributed by atoms with van der Waals surface area (Å²) >= 11 is 0. The van der Waals surface area contributed by atoms with Gasteiger partial charge in [0.05, 0.1) is 5.92 Å². The van der Waals surface area contributed by atoms with Crippen molar-refractivity contribution in [3.05, 3.63) is 41.8 Å². The summed E-state index contributed by atoms with van der Waals surface area (Å²) in [5, 5.41) is 4.13. The van der Waals surface area contributed by atoms with Crippen molar-refractivity contribution in [3.8, 4) is 0 Å². The fraction of sp³-hybridized carbons (Fsp3) is 0.571. The van der Waals surface area contributed by atoms with E-state index in [9.17, 15) is 4.79 Å². The lowest BCUT2D eigenvalue weighted by Gasteiger charge is -2.49. The summed E-state index contributed by atoms with van der Waals surface area (Å²) in [6, 6.07) is 10.3. The third-order valence-corrected chi connectivity index (χ3v) is 6.22. The van der Waals surface area contributed by atoms with Gasteiger partial charge in [-0.2, -0.15) is 4.98 Å². The van der Waals surface area contributed by atoms with E-state index in [1.54, 1.807) is 0 Å². The number of anilines is 1. The number of carbonyl (C=O) groups is 1. The molecule has 2 aromatic rings. The number of likely N-dealkylation sites (N-methyl/N-ethyl adjacent to an activating group) is 1. The molecule has 1 amide bonds. The van der Waals surface area contributed by atoms with E-state index in [2.05, 4.69) is 39.0 Å². The smallest absolute Gasteiger partial charge is 0.266 e. The first-order valence-corrected chi connectivity index (χ1v) is 10.1. The van der Waals surface area contributed by atoms with Gasteiger partial charge < -0.3 is 14.3 Å². The van der Waals surface area contributed by atoms with Gasteiger partial charge >= 0.3 is 0 Å². The predicted octanol–water partition coefficient (Wildman–Crippen LogP) is 3.25. The zero-order chi connectivity index (χ0) is 18.9. The number of amides is 1. The van der Waals surface area contributed by atoms with Crippen LogP contribution in [0.15, 0.2) is 34.9 Å². The van der Waals surface area contributed by atoms with Gasteiger partial charge in [0.15, 0.2) is 0 Å². The molecule has 0 unspecified atom stereocenters. The maximum absolute atomic E-state index is 13.0. The average molecular weight is 368 g/mol. The van der Waals surface area contributed by atoms with Gasteiger partial charge in [-0.05, 0) is 42.3 Å². The van der Waals surface area contributed by atoms with Crippen LogP contribution in [-0.4, -0.2) is 47.1 Å². The molecular weight excluding hydrogens is 340 g/mol. The van der Waals surface area contributed by atoms with Crippen LogP contribution >= 0.6 is 0 Å². The van der Waals surface area contributed by atoms with Crippen molar-refractivity contribution >= 4 is 11.9 Å². The number of rotatable bonds is 4. The molecule has 0 saturated carbocycles. The van der Waals surface area contributed by atoms with Gasteiger partial charge in [0.2, 0.25) is 11.8 Å². The molecular formula is C21H28N4O2. The van der Waals surface area contributed by atoms with Crippen molar-refractivity contribution < 1.29 is 9.32 Å². The van der Waals surface area contributed by atoms with Crippen molar-refractivity contribution in [2.45, 2.75) is 45.4 Å². The number of hydrogen-bond donors (Lipinski definition) is 0. The Balaban J connectivity index is 1.51. The number of likely N-dealkylation sites (tertiary alicyclic amines) is 1. The van der Waals surface area contributed by atoms with E-state index in [1.165, 1.54) is 0 Å². The van der Waals surface area contributed by atoms with Gasteiger partial charge in [0, 0.05) is 32.6 Å². The van der Waals surface area contributed by atoms with Crippen LogP contribution in [0.4, 0.5) is 5.95 Å². The molecule has 27 heavy (non-hydrogen) atoms. The Hall–Kier alpha value is -2.37. The van der Waals surface area contributed by atoms with Gasteiger partial charge in [0.25, 0.3) is 5.95 Å². The highest BCUT2D eigenvalue weighted by Gasteiger charge is 2.46. The van der Waals surface area contributed by atoms with Gasteiger partial charge in [0.1, 0.15) is 0 Å². The lowest BCUT2D eigenvalue weighted by atomic mass is 9.67. The molecule has 2 aliphatic heterocycles. The molecule has 1 atom stereocenters. The molecule has 3 heterocycles. The Morgan fingerprint density at radius 2 is 1.93 bits per heavy atom. The molecule has 6 heteroatoms. The van der Waals surface area contributed by atoms with E-state index >= 15 is 0 Å². The SMILES string of the molecule is CCc1nc(N2CCC3(CC2)C[C@@H](c2ccccc2)C(=O)N(CC)C3)no1. The van der Waals surface area contributed by atoms with Crippen LogP contribution < -0.4 is 4.90 Å². The number of piperidine rings is 2. The van der Waals surface area contributed by atoms with Crippen molar-refractivity contribution in [1.29, 1.82) is 0 Å². The molecule has 0 radical (unpaired) electrons. The number of hydrogen-bond acceptors (Lipinski definition) is 5. The molecule has 0 bridgehead atoms. The molecule has 6 nitrogen and oxygen atoms in total. The molecule has 0 aliphatic carbocycles. The first-order chi connectivity index (χ1) is 13.1. The van der Waals surface area contributed by atoms with E-state index < -0.39 is 0 Å². The second kappa shape index (κ2) is 7.33. The standard InChI is InChI=1S/C21H28N4O2/c1-3-18-22-20(23-27-18)25-12-10-21(11-13-25)14-17(16-8-6-5-7-9-16)19(26)24(4-2)15-21/h5-9,17H,3-4,10-15H2,1-2H3/t17-/m0/s1. The van der Waals surface area contributed by atoms with Gasteiger partial charge in [-0.25, -0.2) is 0 Å². The Kier molecular flexibility index (Phi) is 4.89. The minimum absolute atomic E-state index is 0.0247. The number of nitrogens with zero attached hydrogens (tertiary/aromatic N) is 4. The number of aryl methyl sites for hydroxylation is 1. The van der Waals surface area contributed by atoms with Crippen molar-refractivity contribution in [3.63, 3.8) is 0 Å². The van der Waals surface area contributed by atoms with Crippen LogP contribution in [0.2, 0.25) is 0 Å². The largest absolute Gasteiger partial charge is 0.342 e. The Labute approximate surface area is 160 Å². The highest BCUT2D eigenvalue weighted by atomic mass is 16.5. The van der Waals surface area contributed by atoms with Crippen molar-refractivity contribution in [2.24, 2.45) is 5.41 Å². The van der Waals surface area contributed by atoms with Gasteiger partial charge in [-0.3, -0.25) is 4.79 Å². The first-order valence-electron chi connectivity index (χ1n) is 10.1. The van der Waals surface area contributed by atoms with E-state index in [1.807, 2.05) is 25.1 Å². The predicted molar refractivity (Wildman–Crippen MR) is 104 cm³/mol. The molecule has 4 rings (SSSR count). The summed E-state index contributed by atoms with van der Waals surface area (Å²) in [7, 11) is 0. The highest BCUT2D eigenvalue weighted by molar-refractivity contribution is 5.84. The maximum atomic E-state index is 13.0. The number of benzene rings is 1. The first kappa shape index (κ1) is 18.0. The fourth-order valence-corrected chi connectivity index (χ4v) is 4.56. The Morgan fingerprint density at radius 3 is 2.56 bits per heavy atom. The average Bonchev–Trinajstić information content (AvgIpc) is 3.20.